The van der Waals surface area contributed by atoms with Crippen LogP contribution in [0.4, 0.5) is 0 Å². The average molecular weight is 189 g/mol. The third-order valence-corrected chi connectivity index (χ3v) is 3.10. The second-order valence-corrected chi connectivity index (χ2v) is 4.63. The normalized spacial score (nSPS) is 29.0. The Morgan fingerprint density at radius 2 is 1.64 bits per heavy atom. The van der Waals surface area contributed by atoms with Crippen LogP contribution in [0, 0.1) is 18.8 Å². The van der Waals surface area contributed by atoms with Crippen LogP contribution in [-0.4, -0.2) is 25.0 Å². The van der Waals surface area contributed by atoms with Gasteiger partial charge in [-0.15, -0.1) is 0 Å². The van der Waals surface area contributed by atoms with Crippen LogP contribution in [0.5, 0.6) is 0 Å². The highest BCUT2D eigenvalue weighted by molar-refractivity contribution is 5.11. The summed E-state index contributed by atoms with van der Waals surface area (Å²) in [6, 6.07) is 10.3. The van der Waals surface area contributed by atoms with E-state index in [1.165, 1.54) is 25.1 Å². The lowest BCUT2D eigenvalue weighted by molar-refractivity contribution is 0.373. The SMILES string of the molecule is CN1CC2CC2C1.Cc1ccccc1. The van der Waals surface area contributed by atoms with Crippen molar-refractivity contribution in [3.05, 3.63) is 35.9 Å². The predicted octanol–water partition coefficient (Wildman–Crippen LogP) is 2.56. The van der Waals surface area contributed by atoms with Gasteiger partial charge in [0.25, 0.3) is 0 Å². The summed E-state index contributed by atoms with van der Waals surface area (Å²) in [5.74, 6) is 2.23. The van der Waals surface area contributed by atoms with Crippen molar-refractivity contribution in [1.29, 1.82) is 0 Å². The molecular weight excluding hydrogens is 170 g/mol. The first-order chi connectivity index (χ1) is 6.75. The number of aryl methyl sites for hydroxylation is 1. The number of likely N-dealkylation sites (tertiary alicyclic amines) is 1. The van der Waals surface area contributed by atoms with Gasteiger partial charge < -0.3 is 4.90 Å². The zero-order valence-corrected chi connectivity index (χ0v) is 9.11. The molecule has 2 unspecified atom stereocenters. The van der Waals surface area contributed by atoms with E-state index < -0.39 is 0 Å². The second kappa shape index (κ2) is 4.14. The van der Waals surface area contributed by atoms with Crippen LogP contribution in [0.1, 0.15) is 12.0 Å². The Kier molecular flexibility index (Phi) is 2.87. The summed E-state index contributed by atoms with van der Waals surface area (Å²) in [4.78, 5) is 2.43. The molecule has 1 aliphatic carbocycles. The highest BCUT2D eigenvalue weighted by Crippen LogP contribution is 2.43. The van der Waals surface area contributed by atoms with E-state index in [2.05, 4.69) is 31.0 Å². The van der Waals surface area contributed by atoms with E-state index in [1.807, 2.05) is 18.2 Å². The molecule has 1 saturated carbocycles. The van der Waals surface area contributed by atoms with Gasteiger partial charge in [0.1, 0.15) is 0 Å². The van der Waals surface area contributed by atoms with E-state index in [0.717, 1.165) is 11.8 Å². The molecule has 3 rings (SSSR count). The van der Waals surface area contributed by atoms with Crippen LogP contribution in [0.15, 0.2) is 30.3 Å². The highest BCUT2D eigenvalue weighted by Gasteiger charge is 2.43. The molecule has 1 aliphatic heterocycles. The van der Waals surface area contributed by atoms with E-state index in [4.69, 9.17) is 0 Å². The summed E-state index contributed by atoms with van der Waals surface area (Å²) in [6.45, 7) is 4.84. The number of hydrogen-bond acceptors (Lipinski definition) is 1. The first kappa shape index (κ1) is 9.72. The van der Waals surface area contributed by atoms with Gasteiger partial charge in [-0.2, -0.15) is 0 Å². The summed E-state index contributed by atoms with van der Waals surface area (Å²) in [5, 5.41) is 0. The first-order valence-electron chi connectivity index (χ1n) is 5.46. The van der Waals surface area contributed by atoms with Crippen molar-refractivity contribution in [1.82, 2.24) is 4.90 Å². The number of benzene rings is 1. The van der Waals surface area contributed by atoms with Gasteiger partial charge in [-0.05, 0) is 32.2 Å². The fraction of sp³-hybridized carbons (Fsp3) is 0.538. The fourth-order valence-electron chi connectivity index (χ4n) is 2.17. The minimum Gasteiger partial charge on any atom is -0.306 e. The minimum absolute atomic E-state index is 1.12. The molecular formula is C13H19N. The Bertz CT molecular complexity index is 271. The lowest BCUT2D eigenvalue weighted by Crippen LogP contribution is -2.15. The zero-order valence-electron chi connectivity index (χ0n) is 9.11. The Balaban J connectivity index is 0.000000107. The zero-order chi connectivity index (χ0) is 9.97. The molecule has 1 heteroatoms. The van der Waals surface area contributed by atoms with Gasteiger partial charge >= 0.3 is 0 Å². The molecule has 0 N–H and O–H groups in total. The van der Waals surface area contributed by atoms with Crippen molar-refractivity contribution in [3.63, 3.8) is 0 Å². The molecule has 1 aromatic carbocycles. The summed E-state index contributed by atoms with van der Waals surface area (Å²) in [5.41, 5.74) is 1.32. The molecule has 2 aliphatic rings. The van der Waals surface area contributed by atoms with Gasteiger partial charge in [0.05, 0.1) is 0 Å². The molecule has 1 heterocycles. The van der Waals surface area contributed by atoms with Crippen molar-refractivity contribution < 1.29 is 0 Å². The van der Waals surface area contributed by atoms with E-state index in [1.54, 1.807) is 0 Å². The molecule has 0 radical (unpaired) electrons. The highest BCUT2D eigenvalue weighted by atomic mass is 15.1. The quantitative estimate of drug-likeness (QED) is 0.606. The molecule has 76 valence electrons. The maximum absolute atomic E-state index is 2.43. The Hall–Kier alpha value is -0.820. The molecule has 0 amide bonds. The molecule has 1 aromatic rings. The summed E-state index contributed by atoms with van der Waals surface area (Å²) >= 11 is 0. The third-order valence-electron chi connectivity index (χ3n) is 3.10. The van der Waals surface area contributed by atoms with Crippen LogP contribution < -0.4 is 0 Å². The summed E-state index contributed by atoms with van der Waals surface area (Å²) < 4.78 is 0. The smallest absolute Gasteiger partial charge is 0.000997 e. The second-order valence-electron chi connectivity index (χ2n) is 4.63. The maximum atomic E-state index is 2.43. The van der Waals surface area contributed by atoms with Crippen LogP contribution in [0.2, 0.25) is 0 Å². The van der Waals surface area contributed by atoms with Crippen molar-refractivity contribution in [2.75, 3.05) is 20.1 Å². The molecule has 1 nitrogen and oxygen atoms in total. The number of piperidine rings is 1. The molecule has 14 heavy (non-hydrogen) atoms. The van der Waals surface area contributed by atoms with E-state index in [0.29, 0.717) is 0 Å². The van der Waals surface area contributed by atoms with Gasteiger partial charge in [-0.25, -0.2) is 0 Å². The van der Waals surface area contributed by atoms with Gasteiger partial charge in [0.2, 0.25) is 0 Å². The number of fused-ring (bicyclic) bond motifs is 1. The van der Waals surface area contributed by atoms with Crippen molar-refractivity contribution >= 4 is 0 Å². The Morgan fingerprint density at radius 3 is 1.93 bits per heavy atom. The molecule has 0 aromatic heterocycles. The fourth-order valence-corrected chi connectivity index (χ4v) is 2.17. The largest absolute Gasteiger partial charge is 0.306 e. The summed E-state index contributed by atoms with van der Waals surface area (Å²) in [6.07, 6.45) is 1.53. The van der Waals surface area contributed by atoms with Crippen LogP contribution >= 0.6 is 0 Å². The maximum Gasteiger partial charge on any atom is 0.000997 e. The van der Waals surface area contributed by atoms with Crippen molar-refractivity contribution in [3.8, 4) is 0 Å². The van der Waals surface area contributed by atoms with E-state index in [-0.39, 0.29) is 0 Å². The topological polar surface area (TPSA) is 3.24 Å². The molecule has 1 saturated heterocycles. The van der Waals surface area contributed by atoms with Gasteiger partial charge in [0.15, 0.2) is 0 Å². The number of rotatable bonds is 0. The van der Waals surface area contributed by atoms with Crippen LogP contribution in [0.25, 0.3) is 0 Å². The molecule has 0 bridgehead atoms. The average Bonchev–Trinajstić information content (AvgIpc) is 2.77. The lowest BCUT2D eigenvalue weighted by atomic mass is 10.2. The van der Waals surface area contributed by atoms with E-state index in [9.17, 15) is 0 Å². The molecule has 2 atom stereocenters. The van der Waals surface area contributed by atoms with Gasteiger partial charge in [-0.1, -0.05) is 35.9 Å². The standard InChI is InChI=1S/C7H8.C6H11N/c1-7-5-3-2-4-6-7;1-7-3-5-2-6(5)4-7/h2-6H,1H3;5-6H,2-4H2,1H3. The molecule has 2 fully saturated rings. The number of nitrogens with zero attached hydrogens (tertiary/aromatic N) is 1. The molecule has 0 spiro atoms. The van der Waals surface area contributed by atoms with Crippen LogP contribution in [-0.2, 0) is 0 Å². The Labute approximate surface area is 86.7 Å². The van der Waals surface area contributed by atoms with Crippen LogP contribution in [0.3, 0.4) is 0 Å². The Morgan fingerprint density at radius 1 is 1.07 bits per heavy atom. The van der Waals surface area contributed by atoms with Gasteiger partial charge in [-0.3, -0.25) is 0 Å². The van der Waals surface area contributed by atoms with Crippen molar-refractivity contribution in [2.24, 2.45) is 11.8 Å². The van der Waals surface area contributed by atoms with Gasteiger partial charge in [0, 0.05) is 13.1 Å². The monoisotopic (exact) mass is 189 g/mol. The van der Waals surface area contributed by atoms with Crippen molar-refractivity contribution in [2.45, 2.75) is 13.3 Å². The number of hydrogen-bond donors (Lipinski definition) is 0. The lowest BCUT2D eigenvalue weighted by Gasteiger charge is -2.06. The predicted molar refractivity (Wildman–Crippen MR) is 60.3 cm³/mol. The first-order valence-corrected chi connectivity index (χ1v) is 5.46. The van der Waals surface area contributed by atoms with E-state index >= 15 is 0 Å². The third kappa shape index (κ3) is 2.58. The minimum atomic E-state index is 1.12. The summed E-state index contributed by atoms with van der Waals surface area (Å²) in [7, 11) is 2.21.